The van der Waals surface area contributed by atoms with E-state index in [0.29, 0.717) is 28.4 Å². The molecule has 3 atom stereocenters. The molecule has 5 rings (SSSR count). The van der Waals surface area contributed by atoms with Crippen LogP contribution in [-0.2, 0) is 0 Å². The molecule has 2 aliphatic heterocycles. The number of nitrogens with one attached hydrogen (secondary N) is 2. The molecule has 3 fully saturated rings. The molecule has 3 amide bonds. The molecule has 9 heteroatoms. The molecule has 3 heterocycles. The summed E-state index contributed by atoms with van der Waals surface area (Å²) in [5.41, 5.74) is 12.8. The van der Waals surface area contributed by atoms with Crippen molar-refractivity contribution < 1.29 is 14.4 Å². The number of pyridine rings is 1. The van der Waals surface area contributed by atoms with Gasteiger partial charge in [0.15, 0.2) is 0 Å². The second-order valence-electron chi connectivity index (χ2n) is 9.60. The summed E-state index contributed by atoms with van der Waals surface area (Å²) >= 11 is 0. The van der Waals surface area contributed by atoms with Crippen molar-refractivity contribution in [2.45, 2.75) is 69.1 Å². The van der Waals surface area contributed by atoms with Crippen LogP contribution in [0.3, 0.4) is 0 Å². The van der Waals surface area contributed by atoms with Gasteiger partial charge < -0.3 is 27.0 Å². The molecule has 2 bridgehead atoms. The molecule has 0 unspecified atom stereocenters. The maximum atomic E-state index is 13.1. The molecule has 34 heavy (non-hydrogen) atoms. The number of hydrogen-bond acceptors (Lipinski definition) is 6. The fourth-order valence-corrected chi connectivity index (χ4v) is 5.41. The summed E-state index contributed by atoms with van der Waals surface area (Å²) in [5.74, 6) is -0.293. The standard InChI is InChI=1S/C25H30N6O3/c26-23(32)15-5-9-22(28-13-15)31-18-6-7-19(31)12-17(11-18)30-25(34)14-4-8-20(24(27)33)21(10-14)29-16-2-1-3-16/h4-5,8-10,13,16-19,29H,1-3,6-7,11-12H2,(H2,26,32)(H2,27,33)(H,30,34)/t17-,18+,19-. The van der Waals surface area contributed by atoms with Gasteiger partial charge in [-0.1, -0.05) is 0 Å². The van der Waals surface area contributed by atoms with E-state index in [1.54, 1.807) is 24.3 Å². The number of hydrogen-bond donors (Lipinski definition) is 4. The Morgan fingerprint density at radius 1 is 0.882 bits per heavy atom. The highest BCUT2D eigenvalue weighted by Crippen LogP contribution is 2.38. The molecule has 178 valence electrons. The molecular formula is C25H30N6O3. The van der Waals surface area contributed by atoms with Crippen molar-refractivity contribution in [2.24, 2.45) is 11.5 Å². The summed E-state index contributed by atoms with van der Waals surface area (Å²) in [4.78, 5) is 43.0. The van der Waals surface area contributed by atoms with Gasteiger partial charge >= 0.3 is 0 Å². The van der Waals surface area contributed by atoms with Gasteiger partial charge in [-0.2, -0.15) is 0 Å². The summed E-state index contributed by atoms with van der Waals surface area (Å²) in [5, 5.41) is 6.56. The minimum Gasteiger partial charge on any atom is -0.382 e. The quantitative estimate of drug-likeness (QED) is 0.496. The van der Waals surface area contributed by atoms with Crippen LogP contribution in [-0.4, -0.2) is 46.9 Å². The van der Waals surface area contributed by atoms with Crippen LogP contribution in [0.1, 0.15) is 76.0 Å². The van der Waals surface area contributed by atoms with Crippen LogP contribution < -0.4 is 27.0 Å². The molecule has 1 aromatic heterocycles. The first-order valence-corrected chi connectivity index (χ1v) is 11.9. The van der Waals surface area contributed by atoms with Gasteiger partial charge in [-0.25, -0.2) is 4.98 Å². The van der Waals surface area contributed by atoms with E-state index < -0.39 is 11.8 Å². The van der Waals surface area contributed by atoms with E-state index in [0.717, 1.165) is 50.8 Å². The Hall–Kier alpha value is -3.62. The highest BCUT2D eigenvalue weighted by molar-refractivity contribution is 6.02. The van der Waals surface area contributed by atoms with Crippen LogP contribution in [0.15, 0.2) is 36.5 Å². The summed E-state index contributed by atoms with van der Waals surface area (Å²) in [6.07, 6.45) is 8.53. The molecule has 6 N–H and O–H groups in total. The summed E-state index contributed by atoms with van der Waals surface area (Å²) in [7, 11) is 0. The summed E-state index contributed by atoms with van der Waals surface area (Å²) in [6.45, 7) is 0. The highest BCUT2D eigenvalue weighted by atomic mass is 16.2. The third-order valence-electron chi connectivity index (χ3n) is 7.38. The molecular weight excluding hydrogens is 432 g/mol. The zero-order valence-corrected chi connectivity index (χ0v) is 19.0. The highest BCUT2D eigenvalue weighted by Gasteiger charge is 2.41. The smallest absolute Gasteiger partial charge is 0.251 e. The van der Waals surface area contributed by atoms with Crippen LogP contribution in [0.4, 0.5) is 11.5 Å². The van der Waals surface area contributed by atoms with E-state index >= 15 is 0 Å². The maximum absolute atomic E-state index is 13.1. The van der Waals surface area contributed by atoms with Crippen LogP contribution in [0, 0.1) is 0 Å². The number of nitrogens with two attached hydrogens (primary N) is 2. The first kappa shape index (κ1) is 22.2. The fourth-order valence-electron chi connectivity index (χ4n) is 5.41. The van der Waals surface area contributed by atoms with Crippen molar-refractivity contribution >= 4 is 29.2 Å². The zero-order valence-electron chi connectivity index (χ0n) is 19.0. The lowest BCUT2D eigenvalue weighted by Gasteiger charge is -2.40. The lowest BCUT2D eigenvalue weighted by Crippen LogP contribution is -2.50. The van der Waals surface area contributed by atoms with Gasteiger partial charge in [0.05, 0.1) is 11.1 Å². The third-order valence-corrected chi connectivity index (χ3v) is 7.38. The van der Waals surface area contributed by atoms with Crippen LogP contribution in [0.25, 0.3) is 0 Å². The molecule has 2 saturated heterocycles. The van der Waals surface area contributed by atoms with E-state index in [2.05, 4.69) is 20.5 Å². The van der Waals surface area contributed by atoms with Crippen molar-refractivity contribution in [2.75, 3.05) is 10.2 Å². The maximum Gasteiger partial charge on any atom is 0.251 e. The van der Waals surface area contributed by atoms with E-state index in [4.69, 9.17) is 11.5 Å². The molecule has 1 saturated carbocycles. The van der Waals surface area contributed by atoms with Gasteiger partial charge in [0.1, 0.15) is 5.82 Å². The average Bonchev–Trinajstić information content (AvgIpc) is 3.06. The molecule has 1 aromatic carbocycles. The number of nitrogens with zero attached hydrogens (tertiary/aromatic N) is 2. The number of rotatable bonds is 7. The molecule has 9 nitrogen and oxygen atoms in total. The van der Waals surface area contributed by atoms with E-state index in [9.17, 15) is 14.4 Å². The van der Waals surface area contributed by atoms with Gasteiger partial charge in [-0.15, -0.1) is 0 Å². The first-order valence-electron chi connectivity index (χ1n) is 11.9. The van der Waals surface area contributed by atoms with Gasteiger partial charge in [-0.3, -0.25) is 14.4 Å². The minimum atomic E-state index is -0.504. The number of benzene rings is 1. The number of aromatic nitrogens is 1. The zero-order chi connectivity index (χ0) is 23.8. The summed E-state index contributed by atoms with van der Waals surface area (Å²) in [6, 6.07) is 9.54. The number of primary amides is 2. The molecule has 2 aromatic rings. The Bertz CT molecular complexity index is 1100. The molecule has 0 spiro atoms. The Labute approximate surface area is 198 Å². The number of carbonyl (C=O) groups excluding carboxylic acids is 3. The third kappa shape index (κ3) is 4.30. The first-order chi connectivity index (χ1) is 16.4. The SMILES string of the molecule is NC(=O)c1ccc(N2[C@@H]3CC[C@H]2C[C@@H](NC(=O)c2ccc(C(N)=O)c(NC4CCC4)c2)C3)nc1. The number of fused-ring (bicyclic) bond motifs is 2. The predicted octanol–water partition coefficient (Wildman–Crippen LogP) is 2.17. The Morgan fingerprint density at radius 2 is 1.59 bits per heavy atom. The van der Waals surface area contributed by atoms with E-state index in [-0.39, 0.29) is 24.0 Å². The number of piperidine rings is 1. The number of carbonyl (C=O) groups is 3. The molecule has 3 aliphatic rings. The second kappa shape index (κ2) is 8.96. The largest absolute Gasteiger partial charge is 0.382 e. The molecule has 1 aliphatic carbocycles. The summed E-state index contributed by atoms with van der Waals surface area (Å²) < 4.78 is 0. The molecule has 0 radical (unpaired) electrons. The minimum absolute atomic E-state index is 0.0602. The normalized spacial score (nSPS) is 23.8. The van der Waals surface area contributed by atoms with Crippen molar-refractivity contribution in [1.82, 2.24) is 10.3 Å². The van der Waals surface area contributed by atoms with Crippen molar-refractivity contribution in [3.8, 4) is 0 Å². The number of anilines is 2. The van der Waals surface area contributed by atoms with Crippen LogP contribution in [0.5, 0.6) is 0 Å². The Morgan fingerprint density at radius 3 is 2.15 bits per heavy atom. The van der Waals surface area contributed by atoms with Gasteiger partial charge in [-0.05, 0) is 75.3 Å². The predicted molar refractivity (Wildman–Crippen MR) is 129 cm³/mol. The van der Waals surface area contributed by atoms with Crippen LogP contribution >= 0.6 is 0 Å². The Balaban J connectivity index is 1.26. The Kier molecular flexibility index (Phi) is 5.85. The topological polar surface area (TPSA) is 143 Å². The van der Waals surface area contributed by atoms with Crippen molar-refractivity contribution in [1.29, 1.82) is 0 Å². The van der Waals surface area contributed by atoms with Crippen molar-refractivity contribution in [3.05, 3.63) is 53.2 Å². The fraction of sp³-hybridized carbons (Fsp3) is 0.440. The van der Waals surface area contributed by atoms with Gasteiger partial charge in [0, 0.05) is 41.6 Å². The lowest BCUT2D eigenvalue weighted by molar-refractivity contribution is 0.0924. The van der Waals surface area contributed by atoms with Crippen molar-refractivity contribution in [3.63, 3.8) is 0 Å². The van der Waals surface area contributed by atoms with Gasteiger partial charge in [0.25, 0.3) is 11.8 Å². The van der Waals surface area contributed by atoms with E-state index in [1.165, 1.54) is 6.20 Å². The monoisotopic (exact) mass is 462 g/mol. The van der Waals surface area contributed by atoms with Gasteiger partial charge in [0.2, 0.25) is 5.91 Å². The second-order valence-corrected chi connectivity index (χ2v) is 9.60. The van der Waals surface area contributed by atoms with Crippen LogP contribution in [0.2, 0.25) is 0 Å². The van der Waals surface area contributed by atoms with E-state index in [1.807, 2.05) is 6.07 Å². The lowest BCUT2D eigenvalue weighted by atomic mass is 9.92. The number of amides is 3. The average molecular weight is 463 g/mol.